The van der Waals surface area contributed by atoms with E-state index in [1.54, 1.807) is 49.4 Å². The SMILES string of the molecule is CCC(C(=O)NCc1ccc(F)cc1)N(C(=O)Cn1nnc(-c2ccc(Cl)cc2)n1)c1cccc(F)c1. The number of amides is 2. The maximum atomic E-state index is 14.1. The second kappa shape index (κ2) is 11.7. The summed E-state index contributed by atoms with van der Waals surface area (Å²) in [7, 11) is 0. The fourth-order valence-electron chi connectivity index (χ4n) is 3.74. The van der Waals surface area contributed by atoms with Gasteiger partial charge in [0.05, 0.1) is 0 Å². The molecule has 0 spiro atoms. The van der Waals surface area contributed by atoms with Crippen molar-refractivity contribution in [2.45, 2.75) is 32.5 Å². The first-order chi connectivity index (χ1) is 17.8. The summed E-state index contributed by atoms with van der Waals surface area (Å²) in [5.41, 5.74) is 1.57. The number of carbonyl (C=O) groups excluding carboxylic acids is 2. The zero-order chi connectivity index (χ0) is 26.4. The van der Waals surface area contributed by atoms with E-state index in [4.69, 9.17) is 11.6 Å². The molecule has 3 aromatic carbocycles. The van der Waals surface area contributed by atoms with Crippen molar-refractivity contribution in [3.05, 3.63) is 95.0 Å². The average Bonchev–Trinajstić information content (AvgIpc) is 3.35. The molecule has 1 atom stereocenters. The van der Waals surface area contributed by atoms with Gasteiger partial charge in [0.15, 0.2) is 0 Å². The molecule has 0 saturated heterocycles. The molecule has 1 N–H and O–H groups in total. The first-order valence-electron chi connectivity index (χ1n) is 11.5. The van der Waals surface area contributed by atoms with Gasteiger partial charge in [0.2, 0.25) is 11.7 Å². The lowest BCUT2D eigenvalue weighted by molar-refractivity contribution is -0.127. The van der Waals surface area contributed by atoms with Crippen molar-refractivity contribution < 1.29 is 18.4 Å². The molecule has 0 saturated carbocycles. The van der Waals surface area contributed by atoms with E-state index < -0.39 is 23.7 Å². The fraction of sp³-hybridized carbons (Fsp3) is 0.192. The van der Waals surface area contributed by atoms with Crippen molar-refractivity contribution in [2.75, 3.05) is 4.90 Å². The van der Waals surface area contributed by atoms with Crippen molar-refractivity contribution in [2.24, 2.45) is 0 Å². The second-order valence-electron chi connectivity index (χ2n) is 8.16. The molecule has 8 nitrogen and oxygen atoms in total. The third-order valence-corrected chi connectivity index (χ3v) is 5.82. The number of nitrogens with zero attached hydrogens (tertiary/aromatic N) is 5. The Labute approximate surface area is 216 Å². The molecule has 11 heteroatoms. The number of hydrogen-bond acceptors (Lipinski definition) is 5. The maximum Gasteiger partial charge on any atom is 0.251 e. The number of halogens is 3. The lowest BCUT2D eigenvalue weighted by Crippen LogP contribution is -2.50. The molecule has 190 valence electrons. The van der Waals surface area contributed by atoms with E-state index in [-0.39, 0.29) is 31.0 Å². The highest BCUT2D eigenvalue weighted by molar-refractivity contribution is 6.30. The van der Waals surface area contributed by atoms with Crippen molar-refractivity contribution in [1.82, 2.24) is 25.5 Å². The highest BCUT2D eigenvalue weighted by Crippen LogP contribution is 2.22. The van der Waals surface area contributed by atoms with Crippen LogP contribution in [0.5, 0.6) is 0 Å². The van der Waals surface area contributed by atoms with Crippen molar-refractivity contribution >= 4 is 29.1 Å². The molecule has 0 fully saturated rings. The van der Waals surface area contributed by atoms with Crippen molar-refractivity contribution in [1.29, 1.82) is 0 Å². The van der Waals surface area contributed by atoms with E-state index in [1.165, 1.54) is 35.2 Å². The molecule has 37 heavy (non-hydrogen) atoms. The summed E-state index contributed by atoms with van der Waals surface area (Å²) in [6, 6.07) is 17.0. The average molecular weight is 525 g/mol. The minimum atomic E-state index is -0.950. The molecule has 0 radical (unpaired) electrons. The maximum absolute atomic E-state index is 14.1. The summed E-state index contributed by atoms with van der Waals surface area (Å²) in [4.78, 5) is 29.0. The molecular weight excluding hydrogens is 502 g/mol. The number of aromatic nitrogens is 4. The summed E-state index contributed by atoms with van der Waals surface area (Å²) >= 11 is 5.92. The highest BCUT2D eigenvalue weighted by atomic mass is 35.5. The number of hydrogen-bond donors (Lipinski definition) is 1. The summed E-state index contributed by atoms with van der Waals surface area (Å²) in [5, 5.41) is 15.5. The minimum absolute atomic E-state index is 0.135. The summed E-state index contributed by atoms with van der Waals surface area (Å²) < 4.78 is 27.3. The number of anilines is 1. The molecule has 4 rings (SSSR count). The lowest BCUT2D eigenvalue weighted by Gasteiger charge is -2.30. The third-order valence-electron chi connectivity index (χ3n) is 5.57. The molecule has 0 aliphatic carbocycles. The Morgan fingerprint density at radius 1 is 1.03 bits per heavy atom. The first kappa shape index (κ1) is 25.9. The van der Waals surface area contributed by atoms with Crippen LogP contribution in [0.4, 0.5) is 14.5 Å². The fourth-order valence-corrected chi connectivity index (χ4v) is 3.87. The minimum Gasteiger partial charge on any atom is -0.350 e. The summed E-state index contributed by atoms with van der Waals surface area (Å²) in [6.45, 7) is 1.54. The molecule has 4 aromatic rings. The number of benzene rings is 3. The van der Waals surface area contributed by atoms with Gasteiger partial charge in [-0.05, 0) is 71.8 Å². The molecule has 1 unspecified atom stereocenters. The van der Waals surface area contributed by atoms with E-state index >= 15 is 0 Å². The lowest BCUT2D eigenvalue weighted by atomic mass is 10.1. The normalized spacial score (nSPS) is 11.7. The van der Waals surface area contributed by atoms with E-state index in [1.807, 2.05) is 0 Å². The highest BCUT2D eigenvalue weighted by Gasteiger charge is 2.30. The van der Waals surface area contributed by atoms with Crippen LogP contribution in [-0.2, 0) is 22.7 Å². The smallest absolute Gasteiger partial charge is 0.251 e. The van der Waals surface area contributed by atoms with Crippen LogP contribution >= 0.6 is 11.6 Å². The van der Waals surface area contributed by atoms with Crippen LogP contribution in [0.25, 0.3) is 11.4 Å². The first-order valence-corrected chi connectivity index (χ1v) is 11.9. The van der Waals surface area contributed by atoms with Gasteiger partial charge in [0.1, 0.15) is 24.2 Å². The van der Waals surface area contributed by atoms with Crippen LogP contribution in [0.15, 0.2) is 72.8 Å². The topological polar surface area (TPSA) is 93.0 Å². The monoisotopic (exact) mass is 524 g/mol. The Morgan fingerprint density at radius 2 is 1.76 bits per heavy atom. The number of nitrogens with one attached hydrogen (secondary N) is 1. The van der Waals surface area contributed by atoms with Gasteiger partial charge in [-0.3, -0.25) is 14.5 Å². The Kier molecular flexibility index (Phi) is 8.19. The van der Waals surface area contributed by atoms with Gasteiger partial charge in [0, 0.05) is 22.8 Å². The molecular formula is C26H23ClF2N6O2. The Balaban J connectivity index is 1.55. The number of tetrazole rings is 1. The molecule has 0 bridgehead atoms. The number of carbonyl (C=O) groups is 2. The van der Waals surface area contributed by atoms with Gasteiger partial charge in [0.25, 0.3) is 5.91 Å². The van der Waals surface area contributed by atoms with Gasteiger partial charge >= 0.3 is 0 Å². The quantitative estimate of drug-likeness (QED) is 0.350. The molecule has 0 aliphatic rings. The third kappa shape index (κ3) is 6.53. The Bertz CT molecular complexity index is 1380. The van der Waals surface area contributed by atoms with Gasteiger partial charge in [-0.25, -0.2) is 8.78 Å². The van der Waals surface area contributed by atoms with E-state index in [0.29, 0.717) is 22.0 Å². The van der Waals surface area contributed by atoms with E-state index in [9.17, 15) is 18.4 Å². The summed E-state index contributed by atoms with van der Waals surface area (Å²) in [6.07, 6.45) is 0.248. The molecule has 0 aliphatic heterocycles. The molecule has 2 amide bonds. The van der Waals surface area contributed by atoms with Crippen LogP contribution in [0.1, 0.15) is 18.9 Å². The van der Waals surface area contributed by atoms with Crippen LogP contribution < -0.4 is 10.2 Å². The van der Waals surface area contributed by atoms with E-state index in [0.717, 1.165) is 4.80 Å². The molecule has 1 heterocycles. The van der Waals surface area contributed by atoms with Crippen LogP contribution in [0.3, 0.4) is 0 Å². The predicted octanol–water partition coefficient (Wildman–Crippen LogP) is 4.40. The van der Waals surface area contributed by atoms with Crippen molar-refractivity contribution in [3.63, 3.8) is 0 Å². The van der Waals surface area contributed by atoms with Gasteiger partial charge in [-0.15, -0.1) is 10.2 Å². The number of rotatable bonds is 9. The largest absolute Gasteiger partial charge is 0.350 e. The van der Waals surface area contributed by atoms with Gasteiger partial charge in [-0.2, -0.15) is 4.80 Å². The second-order valence-corrected chi connectivity index (χ2v) is 8.60. The predicted molar refractivity (Wildman–Crippen MR) is 134 cm³/mol. The van der Waals surface area contributed by atoms with E-state index in [2.05, 4.69) is 20.7 Å². The zero-order valence-electron chi connectivity index (χ0n) is 19.8. The Morgan fingerprint density at radius 3 is 2.43 bits per heavy atom. The zero-order valence-corrected chi connectivity index (χ0v) is 20.6. The van der Waals surface area contributed by atoms with Gasteiger partial charge < -0.3 is 5.32 Å². The molecule has 1 aromatic heterocycles. The van der Waals surface area contributed by atoms with Crippen LogP contribution in [-0.4, -0.2) is 38.1 Å². The van der Waals surface area contributed by atoms with Crippen molar-refractivity contribution in [3.8, 4) is 11.4 Å². The standard InChI is InChI=1S/C26H23ClF2N6O2/c1-2-23(26(37)30-15-17-6-12-20(28)13-7-17)35(22-5-3-4-21(29)14-22)24(36)16-34-32-25(31-33-34)18-8-10-19(27)11-9-18/h3-14,23H,2,15-16H2,1H3,(H,30,37). The van der Waals surface area contributed by atoms with Gasteiger partial charge in [-0.1, -0.05) is 36.7 Å². The van der Waals surface area contributed by atoms with Crippen LogP contribution in [0, 0.1) is 11.6 Å². The summed E-state index contributed by atoms with van der Waals surface area (Å²) in [5.74, 6) is -1.62. The Hall–Kier alpha value is -4.18. The van der Waals surface area contributed by atoms with Crippen LogP contribution in [0.2, 0.25) is 5.02 Å².